The molecule has 33 heavy (non-hydrogen) atoms. The summed E-state index contributed by atoms with van der Waals surface area (Å²) in [6.07, 6.45) is 7.64. The molecule has 1 unspecified atom stereocenters. The molecule has 0 bridgehead atoms. The number of likely N-dealkylation sites (N-methyl/N-ethyl adjacent to an activating group) is 1. The molecule has 0 spiro atoms. The Hall–Kier alpha value is -3.78. The second-order valence-corrected chi connectivity index (χ2v) is 8.14. The highest BCUT2D eigenvalue weighted by Crippen LogP contribution is 2.32. The normalized spacial score (nSPS) is 17.5. The molecular formula is C25H25N6O2. The van der Waals surface area contributed by atoms with Crippen molar-refractivity contribution in [2.45, 2.75) is 19.3 Å². The maximum Gasteiger partial charge on any atom is 0.281 e. The van der Waals surface area contributed by atoms with Crippen LogP contribution in [0.4, 0.5) is 11.5 Å². The molecule has 1 N–H and O–H groups in total. The molecular weight excluding hydrogens is 416 g/mol. The van der Waals surface area contributed by atoms with Gasteiger partial charge in [0.2, 0.25) is 5.88 Å². The number of nitrogens with one attached hydrogen (secondary N) is 1. The first kappa shape index (κ1) is 21.1. The zero-order valence-corrected chi connectivity index (χ0v) is 18.7. The van der Waals surface area contributed by atoms with E-state index in [1.807, 2.05) is 18.2 Å². The van der Waals surface area contributed by atoms with Crippen LogP contribution < -0.4 is 15.4 Å². The summed E-state index contributed by atoms with van der Waals surface area (Å²) in [6, 6.07) is 10.2. The maximum absolute atomic E-state index is 12.6. The van der Waals surface area contributed by atoms with Crippen LogP contribution in [0.3, 0.4) is 0 Å². The fraction of sp³-hybridized carbons (Fsp3) is 0.280. The van der Waals surface area contributed by atoms with Crippen molar-refractivity contribution in [3.05, 3.63) is 65.6 Å². The lowest BCUT2D eigenvalue weighted by Gasteiger charge is -2.17. The number of carbonyl (C=O) groups excluding carboxylic acids is 1. The van der Waals surface area contributed by atoms with Gasteiger partial charge < -0.3 is 15.0 Å². The average Bonchev–Trinajstić information content (AvgIpc) is 3.34. The Kier molecular flexibility index (Phi) is 5.75. The largest absolute Gasteiger partial charge is 0.480 e. The molecule has 1 fully saturated rings. The van der Waals surface area contributed by atoms with Crippen molar-refractivity contribution < 1.29 is 9.53 Å². The average molecular weight is 442 g/mol. The van der Waals surface area contributed by atoms with Crippen molar-refractivity contribution in [2.24, 2.45) is 0 Å². The van der Waals surface area contributed by atoms with E-state index >= 15 is 0 Å². The van der Waals surface area contributed by atoms with Crippen molar-refractivity contribution in [1.29, 1.82) is 0 Å². The lowest BCUT2D eigenvalue weighted by molar-refractivity contribution is 0.0965. The van der Waals surface area contributed by atoms with Gasteiger partial charge in [0.25, 0.3) is 5.91 Å². The van der Waals surface area contributed by atoms with Crippen molar-refractivity contribution >= 4 is 23.5 Å². The Morgan fingerprint density at radius 1 is 1.15 bits per heavy atom. The minimum absolute atomic E-state index is 0.326. The number of carbonyl (C=O) groups is 1. The van der Waals surface area contributed by atoms with Gasteiger partial charge in [0, 0.05) is 18.4 Å². The molecule has 0 aliphatic carbocycles. The van der Waals surface area contributed by atoms with Gasteiger partial charge in [0.05, 0.1) is 30.8 Å². The van der Waals surface area contributed by atoms with E-state index < -0.39 is 0 Å². The number of rotatable bonds is 6. The Labute approximate surface area is 192 Å². The number of pyridine rings is 1. The van der Waals surface area contributed by atoms with Crippen LogP contribution in [-0.4, -0.2) is 52.5 Å². The number of anilines is 2. The first-order chi connectivity index (χ1) is 16.1. The van der Waals surface area contributed by atoms with Gasteiger partial charge in [-0.1, -0.05) is 19.1 Å². The molecule has 5 rings (SSSR count). The fourth-order valence-corrected chi connectivity index (χ4v) is 4.33. The van der Waals surface area contributed by atoms with E-state index in [2.05, 4.69) is 44.6 Å². The number of fused-ring (bicyclic) bond motifs is 1. The third-order valence-electron chi connectivity index (χ3n) is 6.16. The molecule has 0 saturated carbocycles. The molecule has 8 nitrogen and oxygen atoms in total. The molecule has 1 aromatic carbocycles. The second-order valence-electron chi connectivity index (χ2n) is 8.14. The predicted octanol–water partition coefficient (Wildman–Crippen LogP) is 3.83. The SMILES string of the molecule is CCN1CCC(c2ccc(Nc3nc(-c4cncc(OC)n4)cc4c3C(=O)[N]C=C4)cc2)C1. The van der Waals surface area contributed by atoms with Crippen LogP contribution in [0.25, 0.3) is 17.5 Å². The number of nitrogens with zero attached hydrogens (tertiary/aromatic N) is 5. The number of aromatic nitrogens is 3. The van der Waals surface area contributed by atoms with Gasteiger partial charge >= 0.3 is 0 Å². The first-order valence-electron chi connectivity index (χ1n) is 11.1. The summed E-state index contributed by atoms with van der Waals surface area (Å²) in [5.74, 6) is 1.07. The van der Waals surface area contributed by atoms with Crippen molar-refractivity contribution in [2.75, 3.05) is 32.1 Å². The molecule has 1 saturated heterocycles. The minimum Gasteiger partial charge on any atom is -0.480 e. The summed E-state index contributed by atoms with van der Waals surface area (Å²) in [5, 5.41) is 7.26. The second kappa shape index (κ2) is 8.99. The first-order valence-corrected chi connectivity index (χ1v) is 11.1. The minimum atomic E-state index is -0.326. The molecule has 2 aliphatic heterocycles. The summed E-state index contributed by atoms with van der Waals surface area (Å²) < 4.78 is 5.20. The van der Waals surface area contributed by atoms with Crippen molar-refractivity contribution in [3.8, 4) is 17.3 Å². The van der Waals surface area contributed by atoms with Gasteiger partial charge in [-0.2, -0.15) is 0 Å². The van der Waals surface area contributed by atoms with E-state index in [9.17, 15) is 4.79 Å². The van der Waals surface area contributed by atoms with Gasteiger partial charge in [-0.3, -0.25) is 9.78 Å². The molecule has 2 aromatic heterocycles. The van der Waals surface area contributed by atoms with E-state index in [-0.39, 0.29) is 5.91 Å². The third kappa shape index (κ3) is 4.29. The zero-order valence-electron chi connectivity index (χ0n) is 18.7. The van der Waals surface area contributed by atoms with Crippen LogP contribution in [0.1, 0.15) is 40.7 Å². The lowest BCUT2D eigenvalue weighted by atomic mass is 9.98. The predicted molar refractivity (Wildman–Crippen MR) is 127 cm³/mol. The topological polar surface area (TPSA) is 94.3 Å². The Bertz CT molecular complexity index is 1210. The number of benzene rings is 1. The quantitative estimate of drug-likeness (QED) is 0.621. The number of ether oxygens (including phenoxy) is 1. The monoisotopic (exact) mass is 441 g/mol. The molecule has 1 atom stereocenters. The van der Waals surface area contributed by atoms with E-state index in [0.717, 1.165) is 30.9 Å². The number of amides is 1. The van der Waals surface area contributed by atoms with E-state index in [1.54, 1.807) is 19.4 Å². The Morgan fingerprint density at radius 3 is 2.76 bits per heavy atom. The molecule has 8 heteroatoms. The zero-order chi connectivity index (χ0) is 22.8. The van der Waals surface area contributed by atoms with E-state index in [1.165, 1.54) is 24.4 Å². The third-order valence-corrected chi connectivity index (χ3v) is 6.16. The van der Waals surface area contributed by atoms with Gasteiger partial charge in [0.1, 0.15) is 11.5 Å². The van der Waals surface area contributed by atoms with Crippen LogP contribution in [-0.2, 0) is 0 Å². The van der Waals surface area contributed by atoms with Crippen LogP contribution in [0, 0.1) is 0 Å². The smallest absolute Gasteiger partial charge is 0.281 e. The molecule has 4 heterocycles. The van der Waals surface area contributed by atoms with Crippen LogP contribution in [0.5, 0.6) is 5.88 Å². The van der Waals surface area contributed by atoms with E-state index in [0.29, 0.717) is 34.6 Å². The molecule has 2 aliphatic rings. The van der Waals surface area contributed by atoms with Crippen LogP contribution >= 0.6 is 0 Å². The summed E-state index contributed by atoms with van der Waals surface area (Å²) in [6.45, 7) is 5.55. The van der Waals surface area contributed by atoms with E-state index in [4.69, 9.17) is 9.72 Å². The highest BCUT2D eigenvalue weighted by Gasteiger charge is 2.24. The lowest BCUT2D eigenvalue weighted by Crippen LogP contribution is -2.19. The van der Waals surface area contributed by atoms with Gasteiger partial charge in [-0.15, -0.1) is 0 Å². The Morgan fingerprint density at radius 2 is 2.00 bits per heavy atom. The van der Waals surface area contributed by atoms with Gasteiger partial charge in [0.15, 0.2) is 0 Å². The number of methoxy groups -OCH3 is 1. The standard InChI is InChI=1S/C25H25N6O2/c1-3-31-11-9-18(15-31)16-4-6-19(7-5-16)28-24-23-17(8-10-27-25(23)32)12-20(30-24)21-13-26-14-22(29-21)33-2/h4-8,10,12-14,18H,3,9,11,15H2,1-2H3,(H,28,30). The number of likely N-dealkylation sites (tertiary alicyclic amines) is 1. The van der Waals surface area contributed by atoms with Crippen LogP contribution in [0.15, 0.2) is 48.9 Å². The fourth-order valence-electron chi connectivity index (χ4n) is 4.33. The summed E-state index contributed by atoms with van der Waals surface area (Å²) >= 11 is 0. The Balaban J connectivity index is 1.47. The summed E-state index contributed by atoms with van der Waals surface area (Å²) in [5.41, 5.74) is 4.51. The highest BCUT2D eigenvalue weighted by molar-refractivity contribution is 6.05. The molecule has 3 aromatic rings. The molecule has 1 radical (unpaired) electrons. The molecule has 167 valence electrons. The highest BCUT2D eigenvalue weighted by atomic mass is 16.5. The van der Waals surface area contributed by atoms with Gasteiger partial charge in [-0.05, 0) is 60.8 Å². The molecule has 1 amide bonds. The number of hydrogen-bond donors (Lipinski definition) is 1. The summed E-state index contributed by atoms with van der Waals surface area (Å²) in [7, 11) is 1.54. The van der Waals surface area contributed by atoms with Crippen LogP contribution in [0.2, 0.25) is 0 Å². The van der Waals surface area contributed by atoms with Crippen molar-refractivity contribution in [1.82, 2.24) is 25.2 Å². The number of hydrogen-bond acceptors (Lipinski definition) is 7. The maximum atomic E-state index is 12.6. The van der Waals surface area contributed by atoms with Crippen molar-refractivity contribution in [3.63, 3.8) is 0 Å². The van der Waals surface area contributed by atoms with Gasteiger partial charge in [-0.25, -0.2) is 15.3 Å². The summed E-state index contributed by atoms with van der Waals surface area (Å²) in [4.78, 5) is 28.4.